The molecule has 0 rings (SSSR count). The first-order valence-corrected chi connectivity index (χ1v) is 9.05. The molecule has 132 valence electrons. The highest BCUT2D eigenvalue weighted by atomic mass is 16.5. The van der Waals surface area contributed by atoms with Crippen LogP contribution in [0.15, 0.2) is 0 Å². The van der Waals surface area contributed by atoms with Crippen LogP contribution < -0.4 is 0 Å². The van der Waals surface area contributed by atoms with Crippen molar-refractivity contribution in [3.8, 4) is 0 Å². The molecule has 0 aliphatic heterocycles. The van der Waals surface area contributed by atoms with E-state index < -0.39 is 18.2 Å². The van der Waals surface area contributed by atoms with Crippen molar-refractivity contribution >= 4 is 5.97 Å². The first kappa shape index (κ1) is 21.4. The summed E-state index contributed by atoms with van der Waals surface area (Å²) in [6, 6.07) is 0. The van der Waals surface area contributed by atoms with Crippen LogP contribution >= 0.6 is 0 Å². The van der Waals surface area contributed by atoms with E-state index in [1.165, 1.54) is 32.1 Å². The summed E-state index contributed by atoms with van der Waals surface area (Å²) < 4.78 is 4.83. The average molecular weight is 316 g/mol. The quantitative estimate of drug-likeness (QED) is 0.377. The summed E-state index contributed by atoms with van der Waals surface area (Å²) in [6.07, 6.45) is 8.19. The van der Waals surface area contributed by atoms with Crippen LogP contribution in [0.2, 0.25) is 0 Å². The minimum Gasteiger partial charge on any atom is -0.464 e. The third kappa shape index (κ3) is 11.0. The fraction of sp³-hybridized carbons (Fsp3) is 0.944. The molecular weight excluding hydrogens is 280 g/mol. The van der Waals surface area contributed by atoms with Gasteiger partial charge in [-0.3, -0.25) is 0 Å². The largest absolute Gasteiger partial charge is 0.464 e. The van der Waals surface area contributed by atoms with Crippen molar-refractivity contribution in [2.45, 2.75) is 97.2 Å². The Balaban J connectivity index is 3.52. The van der Waals surface area contributed by atoms with E-state index in [1.54, 1.807) is 0 Å². The Morgan fingerprint density at radius 1 is 0.955 bits per heavy atom. The zero-order chi connectivity index (χ0) is 16.8. The topological polar surface area (TPSA) is 66.8 Å². The van der Waals surface area contributed by atoms with Gasteiger partial charge in [0.05, 0.1) is 12.7 Å². The lowest BCUT2D eigenvalue weighted by molar-refractivity contribution is -0.159. The molecule has 0 amide bonds. The van der Waals surface area contributed by atoms with Gasteiger partial charge in [-0.05, 0) is 18.8 Å². The second-order valence-electron chi connectivity index (χ2n) is 6.39. The number of aliphatic hydroxyl groups excluding tert-OH is 2. The van der Waals surface area contributed by atoms with E-state index in [0.717, 1.165) is 25.2 Å². The number of unbranched alkanes of at least 4 members (excludes halogenated alkanes) is 5. The molecule has 0 aromatic rings. The lowest BCUT2D eigenvalue weighted by Crippen LogP contribution is -2.35. The fourth-order valence-electron chi connectivity index (χ4n) is 2.36. The highest BCUT2D eigenvalue weighted by molar-refractivity contribution is 5.75. The molecule has 0 saturated carbocycles. The van der Waals surface area contributed by atoms with Crippen LogP contribution in [-0.2, 0) is 9.53 Å². The Morgan fingerprint density at radius 2 is 1.50 bits per heavy atom. The average Bonchev–Trinajstić information content (AvgIpc) is 2.53. The number of carbonyl (C=O) groups is 1. The van der Waals surface area contributed by atoms with Crippen LogP contribution in [0, 0.1) is 5.92 Å². The minimum absolute atomic E-state index is 0.291. The van der Waals surface area contributed by atoms with Crippen molar-refractivity contribution in [2.75, 3.05) is 6.61 Å². The maximum Gasteiger partial charge on any atom is 0.337 e. The number of esters is 1. The highest BCUT2D eigenvalue weighted by Crippen LogP contribution is 2.15. The predicted molar refractivity (Wildman–Crippen MR) is 89.7 cm³/mol. The summed E-state index contributed by atoms with van der Waals surface area (Å²) in [5.41, 5.74) is 0. The van der Waals surface area contributed by atoms with E-state index in [2.05, 4.69) is 13.8 Å². The van der Waals surface area contributed by atoms with Crippen molar-refractivity contribution in [2.24, 2.45) is 5.92 Å². The Hall–Kier alpha value is -0.610. The molecule has 0 fully saturated rings. The van der Waals surface area contributed by atoms with Crippen molar-refractivity contribution in [3.63, 3.8) is 0 Å². The first-order chi connectivity index (χ1) is 10.5. The van der Waals surface area contributed by atoms with Gasteiger partial charge in [0.25, 0.3) is 0 Å². The molecule has 0 aliphatic carbocycles. The van der Waals surface area contributed by atoms with Crippen LogP contribution in [0.5, 0.6) is 0 Å². The first-order valence-electron chi connectivity index (χ1n) is 9.05. The molecule has 2 N–H and O–H groups in total. The van der Waals surface area contributed by atoms with Crippen LogP contribution in [-0.4, -0.2) is 35.0 Å². The standard InChI is InChI=1S/C18H36O4/c1-4-14-22-18(21)17(20)16(19)13-11-9-7-6-8-10-12-15(3)5-2/h15-17,19-20H,4-14H2,1-3H3. The molecule has 0 spiro atoms. The smallest absolute Gasteiger partial charge is 0.337 e. The van der Waals surface area contributed by atoms with Crippen molar-refractivity contribution in [1.82, 2.24) is 0 Å². The van der Waals surface area contributed by atoms with Gasteiger partial charge in [-0.25, -0.2) is 4.79 Å². The van der Waals surface area contributed by atoms with Gasteiger partial charge >= 0.3 is 5.97 Å². The van der Waals surface area contributed by atoms with Crippen LogP contribution in [0.4, 0.5) is 0 Å². The molecule has 4 nitrogen and oxygen atoms in total. The second-order valence-corrected chi connectivity index (χ2v) is 6.39. The summed E-state index contributed by atoms with van der Waals surface area (Å²) in [4.78, 5) is 11.4. The predicted octanol–water partition coefficient (Wildman–Crippen LogP) is 3.83. The Kier molecular flexibility index (Phi) is 13.6. The third-order valence-electron chi connectivity index (χ3n) is 4.20. The Bertz CT molecular complexity index is 268. The molecule has 0 radical (unpaired) electrons. The molecule has 0 aromatic heterocycles. The summed E-state index contributed by atoms with van der Waals surface area (Å²) in [6.45, 7) is 6.72. The number of carbonyl (C=O) groups excluding carboxylic acids is 1. The van der Waals surface area contributed by atoms with Crippen molar-refractivity contribution in [1.29, 1.82) is 0 Å². The second kappa shape index (κ2) is 14.0. The molecule has 0 aromatic carbocycles. The molecule has 4 heteroatoms. The number of rotatable bonds is 14. The van der Waals surface area contributed by atoms with Gasteiger partial charge in [0.2, 0.25) is 0 Å². The van der Waals surface area contributed by atoms with Gasteiger partial charge in [0.1, 0.15) is 0 Å². The van der Waals surface area contributed by atoms with Crippen molar-refractivity contribution in [3.05, 3.63) is 0 Å². The fourth-order valence-corrected chi connectivity index (χ4v) is 2.36. The third-order valence-corrected chi connectivity index (χ3v) is 4.20. The molecule has 22 heavy (non-hydrogen) atoms. The molecule has 0 aliphatic rings. The highest BCUT2D eigenvalue weighted by Gasteiger charge is 2.24. The van der Waals surface area contributed by atoms with Crippen molar-refractivity contribution < 1.29 is 19.7 Å². The number of aliphatic hydroxyl groups is 2. The molecule has 3 atom stereocenters. The van der Waals surface area contributed by atoms with E-state index in [0.29, 0.717) is 19.4 Å². The summed E-state index contributed by atoms with van der Waals surface area (Å²) in [5, 5.41) is 19.4. The zero-order valence-electron chi connectivity index (χ0n) is 14.7. The maximum atomic E-state index is 11.4. The van der Waals surface area contributed by atoms with Crippen LogP contribution in [0.25, 0.3) is 0 Å². The summed E-state index contributed by atoms with van der Waals surface area (Å²) in [5.74, 6) is 0.128. The molecular formula is C18H36O4. The SMILES string of the molecule is CCCOC(=O)C(O)C(O)CCCCCCCCC(C)CC. The van der Waals surface area contributed by atoms with E-state index >= 15 is 0 Å². The van der Waals surface area contributed by atoms with Gasteiger partial charge in [-0.15, -0.1) is 0 Å². The Labute approximate surface area is 136 Å². The van der Waals surface area contributed by atoms with Gasteiger partial charge in [0.15, 0.2) is 6.10 Å². The molecule has 0 heterocycles. The van der Waals surface area contributed by atoms with Crippen LogP contribution in [0.3, 0.4) is 0 Å². The minimum atomic E-state index is -1.40. The molecule has 0 saturated heterocycles. The van der Waals surface area contributed by atoms with Gasteiger partial charge in [0, 0.05) is 0 Å². The zero-order valence-corrected chi connectivity index (χ0v) is 14.7. The maximum absolute atomic E-state index is 11.4. The normalized spacial score (nSPS) is 15.3. The lowest BCUT2D eigenvalue weighted by Gasteiger charge is -2.16. The van der Waals surface area contributed by atoms with E-state index in [4.69, 9.17) is 4.74 Å². The number of ether oxygens (including phenoxy) is 1. The molecule has 3 unspecified atom stereocenters. The Morgan fingerprint density at radius 3 is 2.05 bits per heavy atom. The number of hydrogen-bond donors (Lipinski definition) is 2. The van der Waals surface area contributed by atoms with E-state index in [-0.39, 0.29) is 0 Å². The number of hydrogen-bond acceptors (Lipinski definition) is 4. The summed E-state index contributed by atoms with van der Waals surface area (Å²) in [7, 11) is 0. The van der Waals surface area contributed by atoms with Crippen LogP contribution in [0.1, 0.15) is 85.0 Å². The van der Waals surface area contributed by atoms with E-state index in [1.807, 2.05) is 6.92 Å². The van der Waals surface area contributed by atoms with E-state index in [9.17, 15) is 15.0 Å². The summed E-state index contributed by atoms with van der Waals surface area (Å²) >= 11 is 0. The molecule has 0 bridgehead atoms. The van der Waals surface area contributed by atoms with Gasteiger partial charge in [-0.2, -0.15) is 0 Å². The monoisotopic (exact) mass is 316 g/mol. The van der Waals surface area contributed by atoms with Gasteiger partial charge in [-0.1, -0.05) is 72.1 Å². The lowest BCUT2D eigenvalue weighted by atomic mass is 9.99. The van der Waals surface area contributed by atoms with Gasteiger partial charge < -0.3 is 14.9 Å².